The summed E-state index contributed by atoms with van der Waals surface area (Å²) in [6.45, 7) is 4.80. The van der Waals surface area contributed by atoms with Crippen molar-refractivity contribution in [2.45, 2.75) is 45.1 Å². The maximum atomic E-state index is 11.8. The Morgan fingerprint density at radius 3 is 2.94 bits per heavy atom. The van der Waals surface area contributed by atoms with Crippen molar-refractivity contribution >= 4 is 15.9 Å². The number of aryl methyl sites for hydroxylation is 1. The van der Waals surface area contributed by atoms with E-state index in [0.29, 0.717) is 10.3 Å². The van der Waals surface area contributed by atoms with Crippen LogP contribution in [0.3, 0.4) is 0 Å². The van der Waals surface area contributed by atoms with Crippen LogP contribution in [0.5, 0.6) is 0 Å². The van der Waals surface area contributed by atoms with Crippen LogP contribution in [-0.4, -0.2) is 16.6 Å². The van der Waals surface area contributed by atoms with E-state index in [2.05, 4.69) is 32.8 Å². The molecule has 2 rings (SSSR count). The summed E-state index contributed by atoms with van der Waals surface area (Å²) < 4.78 is 6.25. The molecular weight excluding hydrogens is 284 g/mol. The molecule has 0 saturated carbocycles. The molecule has 0 aliphatic carbocycles. The lowest BCUT2D eigenvalue weighted by Crippen LogP contribution is -2.28. The molecule has 1 aliphatic heterocycles. The maximum Gasteiger partial charge on any atom is 0.265 e. The summed E-state index contributed by atoms with van der Waals surface area (Å²) in [5.74, 6) is 0.659. The van der Waals surface area contributed by atoms with Gasteiger partial charge in [0.1, 0.15) is 15.9 Å². The van der Waals surface area contributed by atoms with Gasteiger partial charge < -0.3 is 9.72 Å². The molecule has 0 aromatic carbocycles. The number of hydrogen-bond donors (Lipinski definition) is 1. The van der Waals surface area contributed by atoms with E-state index in [0.717, 1.165) is 38.0 Å². The summed E-state index contributed by atoms with van der Waals surface area (Å²) in [4.78, 5) is 19.2. The zero-order valence-electron chi connectivity index (χ0n) is 10.2. The Kier molecular flexibility index (Phi) is 3.68. The molecule has 4 nitrogen and oxygen atoms in total. The number of hydrogen-bond acceptors (Lipinski definition) is 3. The lowest BCUT2D eigenvalue weighted by atomic mass is 10.0. The van der Waals surface area contributed by atoms with Crippen molar-refractivity contribution in [2.24, 2.45) is 0 Å². The molecule has 2 heterocycles. The minimum absolute atomic E-state index is 0.116. The fourth-order valence-corrected chi connectivity index (χ4v) is 2.51. The Hall–Kier alpha value is -0.680. The Bertz CT molecular complexity index is 464. The summed E-state index contributed by atoms with van der Waals surface area (Å²) in [7, 11) is 0. The van der Waals surface area contributed by atoms with E-state index < -0.39 is 5.60 Å². The molecule has 1 aromatic rings. The van der Waals surface area contributed by atoms with Gasteiger partial charge in [-0.1, -0.05) is 13.3 Å². The molecule has 1 unspecified atom stereocenters. The van der Waals surface area contributed by atoms with Crippen molar-refractivity contribution in [3.05, 3.63) is 26.3 Å². The van der Waals surface area contributed by atoms with E-state index in [-0.39, 0.29) is 5.56 Å². The number of halogens is 1. The van der Waals surface area contributed by atoms with E-state index in [1.165, 1.54) is 0 Å². The Balaban J connectivity index is 2.45. The van der Waals surface area contributed by atoms with Gasteiger partial charge >= 0.3 is 0 Å². The summed E-state index contributed by atoms with van der Waals surface area (Å²) in [6.07, 6.45) is 3.68. The Labute approximate surface area is 109 Å². The molecule has 94 valence electrons. The monoisotopic (exact) mass is 300 g/mol. The van der Waals surface area contributed by atoms with Crippen molar-refractivity contribution < 1.29 is 4.74 Å². The van der Waals surface area contributed by atoms with Crippen LogP contribution in [0.1, 0.15) is 44.6 Å². The Morgan fingerprint density at radius 2 is 2.35 bits per heavy atom. The number of ether oxygens (including phenoxy) is 1. The summed E-state index contributed by atoms with van der Waals surface area (Å²) in [5, 5.41) is 0. The molecule has 1 saturated heterocycles. The first-order valence-corrected chi connectivity index (χ1v) is 6.79. The van der Waals surface area contributed by atoms with Gasteiger partial charge in [-0.25, -0.2) is 4.98 Å². The molecule has 0 radical (unpaired) electrons. The molecular formula is C12H17BrN2O2. The highest BCUT2D eigenvalue weighted by Gasteiger charge is 2.34. The van der Waals surface area contributed by atoms with Crippen LogP contribution < -0.4 is 5.56 Å². The SMILES string of the molecule is CCCc1nc(C2(C)CCCO2)[nH]c(=O)c1Br. The number of H-pyrrole nitrogens is 1. The molecule has 1 aromatic heterocycles. The normalized spacial score (nSPS) is 24.2. The predicted molar refractivity (Wildman–Crippen MR) is 69.1 cm³/mol. The van der Waals surface area contributed by atoms with Crippen molar-refractivity contribution in [3.63, 3.8) is 0 Å². The third-order valence-corrected chi connectivity index (χ3v) is 3.96. The molecule has 0 amide bonds. The molecule has 0 spiro atoms. The maximum absolute atomic E-state index is 11.8. The lowest BCUT2D eigenvalue weighted by molar-refractivity contribution is 0.00890. The number of rotatable bonds is 3. The molecule has 5 heteroatoms. The second-order valence-electron chi connectivity index (χ2n) is 4.61. The van der Waals surface area contributed by atoms with E-state index in [1.54, 1.807) is 0 Å². The largest absolute Gasteiger partial charge is 0.367 e. The smallest absolute Gasteiger partial charge is 0.265 e. The number of nitrogens with zero attached hydrogens (tertiary/aromatic N) is 1. The quantitative estimate of drug-likeness (QED) is 0.933. The molecule has 1 atom stereocenters. The van der Waals surface area contributed by atoms with Crippen LogP contribution in [0.2, 0.25) is 0 Å². The second-order valence-corrected chi connectivity index (χ2v) is 5.40. The fourth-order valence-electron chi connectivity index (χ4n) is 2.12. The Morgan fingerprint density at radius 1 is 1.59 bits per heavy atom. The molecule has 1 N–H and O–H groups in total. The number of aromatic amines is 1. The highest BCUT2D eigenvalue weighted by Crippen LogP contribution is 2.33. The average molecular weight is 301 g/mol. The van der Waals surface area contributed by atoms with Crippen molar-refractivity contribution in [1.29, 1.82) is 0 Å². The summed E-state index contributed by atoms with van der Waals surface area (Å²) >= 11 is 3.29. The zero-order chi connectivity index (χ0) is 12.5. The van der Waals surface area contributed by atoms with Crippen LogP contribution in [0.15, 0.2) is 9.27 Å². The molecule has 0 bridgehead atoms. The zero-order valence-corrected chi connectivity index (χ0v) is 11.8. The van der Waals surface area contributed by atoms with Crippen LogP contribution in [0.25, 0.3) is 0 Å². The van der Waals surface area contributed by atoms with E-state index in [4.69, 9.17) is 4.74 Å². The first-order valence-electron chi connectivity index (χ1n) is 6.00. The molecule has 1 fully saturated rings. The minimum Gasteiger partial charge on any atom is -0.367 e. The minimum atomic E-state index is -0.428. The van der Waals surface area contributed by atoms with Gasteiger partial charge in [-0.05, 0) is 42.1 Å². The first kappa shape index (κ1) is 12.8. The van der Waals surface area contributed by atoms with Crippen LogP contribution in [0, 0.1) is 0 Å². The fraction of sp³-hybridized carbons (Fsp3) is 0.667. The number of aromatic nitrogens is 2. The van der Waals surface area contributed by atoms with E-state index in [9.17, 15) is 4.79 Å². The molecule has 17 heavy (non-hydrogen) atoms. The third kappa shape index (κ3) is 2.45. The molecule has 1 aliphatic rings. The highest BCUT2D eigenvalue weighted by molar-refractivity contribution is 9.10. The summed E-state index contributed by atoms with van der Waals surface area (Å²) in [5.41, 5.74) is 0.278. The highest BCUT2D eigenvalue weighted by atomic mass is 79.9. The second kappa shape index (κ2) is 4.90. The van der Waals surface area contributed by atoms with Crippen molar-refractivity contribution in [3.8, 4) is 0 Å². The topological polar surface area (TPSA) is 55.0 Å². The lowest BCUT2D eigenvalue weighted by Gasteiger charge is -2.22. The van der Waals surface area contributed by atoms with E-state index >= 15 is 0 Å². The average Bonchev–Trinajstić information content (AvgIpc) is 2.73. The standard InChI is InChI=1S/C12H17BrN2O2/c1-3-5-8-9(13)10(16)15-11(14-8)12(2)6-4-7-17-12/h3-7H2,1-2H3,(H,14,15,16). The van der Waals surface area contributed by atoms with Crippen LogP contribution >= 0.6 is 15.9 Å². The van der Waals surface area contributed by atoms with Crippen LogP contribution in [-0.2, 0) is 16.8 Å². The van der Waals surface area contributed by atoms with Gasteiger partial charge in [-0.15, -0.1) is 0 Å². The van der Waals surface area contributed by atoms with Gasteiger partial charge in [0.15, 0.2) is 0 Å². The third-order valence-electron chi connectivity index (χ3n) is 3.14. The van der Waals surface area contributed by atoms with Crippen molar-refractivity contribution in [1.82, 2.24) is 9.97 Å². The van der Waals surface area contributed by atoms with Gasteiger partial charge in [0.25, 0.3) is 5.56 Å². The van der Waals surface area contributed by atoms with Gasteiger partial charge in [0.2, 0.25) is 0 Å². The summed E-state index contributed by atoms with van der Waals surface area (Å²) in [6, 6.07) is 0. The first-order chi connectivity index (χ1) is 8.07. The number of nitrogens with one attached hydrogen (secondary N) is 1. The van der Waals surface area contributed by atoms with Crippen molar-refractivity contribution in [2.75, 3.05) is 6.61 Å². The van der Waals surface area contributed by atoms with Gasteiger partial charge in [-0.3, -0.25) is 4.79 Å². The van der Waals surface area contributed by atoms with Gasteiger partial charge in [-0.2, -0.15) is 0 Å². The van der Waals surface area contributed by atoms with Gasteiger partial charge in [0, 0.05) is 6.61 Å². The van der Waals surface area contributed by atoms with Gasteiger partial charge in [0.05, 0.1) is 5.69 Å². The van der Waals surface area contributed by atoms with Crippen LogP contribution in [0.4, 0.5) is 0 Å². The van der Waals surface area contributed by atoms with E-state index in [1.807, 2.05) is 6.92 Å². The predicted octanol–water partition coefficient (Wildman–Crippen LogP) is 2.51.